The minimum absolute atomic E-state index is 0. The van der Waals surface area contributed by atoms with Gasteiger partial charge in [0.25, 0.3) is 0 Å². The van der Waals surface area contributed by atoms with Crippen LogP contribution in [0.3, 0.4) is 0 Å². The Morgan fingerprint density at radius 1 is 1.30 bits per heavy atom. The third-order valence-corrected chi connectivity index (χ3v) is 4.22. The van der Waals surface area contributed by atoms with Crippen molar-refractivity contribution in [3.8, 4) is 0 Å². The van der Waals surface area contributed by atoms with Gasteiger partial charge in [-0.05, 0) is 25.7 Å². The number of hydrogen-bond donors (Lipinski definition) is 2. The number of carbonyl (C=O) groups is 1. The molecular weight excluding hydrogens is 405 g/mol. The predicted octanol–water partition coefficient (Wildman–Crippen LogP) is 1.04. The predicted molar refractivity (Wildman–Crippen MR) is 105 cm³/mol. The van der Waals surface area contributed by atoms with E-state index in [0.717, 1.165) is 32.0 Å². The zero-order valence-corrected chi connectivity index (χ0v) is 16.6. The summed E-state index contributed by atoms with van der Waals surface area (Å²) in [6.07, 6.45) is 6.80. The van der Waals surface area contributed by atoms with Crippen LogP contribution < -0.4 is 10.6 Å². The molecule has 1 aliphatic carbocycles. The van der Waals surface area contributed by atoms with E-state index in [9.17, 15) is 4.79 Å². The van der Waals surface area contributed by atoms with E-state index in [2.05, 4.69) is 27.1 Å². The zero-order chi connectivity index (χ0) is 15.9. The second-order valence-corrected chi connectivity index (χ2v) is 6.31. The van der Waals surface area contributed by atoms with E-state index >= 15 is 0 Å². The van der Waals surface area contributed by atoms with Crippen LogP contribution in [0.25, 0.3) is 0 Å². The molecule has 2 fully saturated rings. The van der Waals surface area contributed by atoms with Gasteiger partial charge in [-0.2, -0.15) is 0 Å². The smallest absolute Gasteiger partial charge is 0.243 e. The number of carbonyl (C=O) groups excluding carboxylic acids is 1. The van der Waals surface area contributed by atoms with Gasteiger partial charge < -0.3 is 20.4 Å². The van der Waals surface area contributed by atoms with Crippen LogP contribution in [0.1, 0.15) is 25.7 Å². The van der Waals surface area contributed by atoms with Gasteiger partial charge in [-0.1, -0.05) is 6.08 Å². The van der Waals surface area contributed by atoms with E-state index in [0.29, 0.717) is 18.5 Å². The SMILES string of the molecule is C=CCNC(=NCC(=O)N(C)C)NC1CCN(C2CC2)CC1.I. The van der Waals surface area contributed by atoms with Gasteiger partial charge in [0, 0.05) is 45.8 Å². The lowest BCUT2D eigenvalue weighted by molar-refractivity contribution is -0.127. The molecule has 0 radical (unpaired) electrons. The monoisotopic (exact) mass is 435 g/mol. The van der Waals surface area contributed by atoms with Crippen molar-refractivity contribution in [3.63, 3.8) is 0 Å². The van der Waals surface area contributed by atoms with Crippen LogP contribution in [0.4, 0.5) is 0 Å². The molecule has 0 aromatic carbocycles. The lowest BCUT2D eigenvalue weighted by Crippen LogP contribution is -2.49. The number of rotatable bonds is 6. The van der Waals surface area contributed by atoms with Crippen molar-refractivity contribution in [1.82, 2.24) is 20.4 Å². The van der Waals surface area contributed by atoms with Gasteiger partial charge in [-0.25, -0.2) is 4.99 Å². The maximum atomic E-state index is 11.7. The highest BCUT2D eigenvalue weighted by molar-refractivity contribution is 14.0. The first-order chi connectivity index (χ1) is 10.6. The summed E-state index contributed by atoms with van der Waals surface area (Å²) < 4.78 is 0. The number of likely N-dealkylation sites (N-methyl/N-ethyl adjacent to an activating group) is 1. The standard InChI is InChI=1S/C16H29N5O.HI/c1-4-9-17-16(18-12-15(22)20(2)3)19-13-7-10-21(11-8-13)14-5-6-14;/h4,13-14H,1,5-12H2,2-3H3,(H2,17,18,19);1H. The summed E-state index contributed by atoms with van der Waals surface area (Å²) >= 11 is 0. The Labute approximate surface area is 156 Å². The lowest BCUT2D eigenvalue weighted by Gasteiger charge is -2.33. The number of aliphatic imine (C=N–C) groups is 1. The Morgan fingerprint density at radius 3 is 2.48 bits per heavy atom. The van der Waals surface area contributed by atoms with E-state index in [1.807, 2.05) is 0 Å². The third-order valence-electron chi connectivity index (χ3n) is 4.22. The number of nitrogens with zero attached hydrogens (tertiary/aromatic N) is 3. The van der Waals surface area contributed by atoms with Gasteiger partial charge in [0.05, 0.1) is 0 Å². The van der Waals surface area contributed by atoms with Crippen LogP contribution in [-0.4, -0.2) is 74.0 Å². The molecule has 6 nitrogen and oxygen atoms in total. The van der Waals surface area contributed by atoms with Gasteiger partial charge in [-0.3, -0.25) is 4.79 Å². The summed E-state index contributed by atoms with van der Waals surface area (Å²) in [5.41, 5.74) is 0. The summed E-state index contributed by atoms with van der Waals surface area (Å²) in [4.78, 5) is 20.2. The van der Waals surface area contributed by atoms with E-state index in [1.165, 1.54) is 12.8 Å². The Morgan fingerprint density at radius 2 is 1.96 bits per heavy atom. The first-order valence-corrected chi connectivity index (χ1v) is 8.20. The van der Waals surface area contributed by atoms with Crippen molar-refractivity contribution < 1.29 is 4.79 Å². The van der Waals surface area contributed by atoms with E-state index < -0.39 is 0 Å². The summed E-state index contributed by atoms with van der Waals surface area (Å²) in [5.74, 6) is 0.711. The molecule has 2 rings (SSSR count). The summed E-state index contributed by atoms with van der Waals surface area (Å²) in [5, 5.41) is 6.65. The van der Waals surface area contributed by atoms with Crippen LogP contribution >= 0.6 is 24.0 Å². The Bertz CT molecular complexity index is 415. The molecule has 0 spiro atoms. The van der Waals surface area contributed by atoms with Crippen molar-refractivity contribution in [1.29, 1.82) is 0 Å². The third kappa shape index (κ3) is 7.07. The van der Waals surface area contributed by atoms with Crippen molar-refractivity contribution >= 4 is 35.8 Å². The number of amides is 1. The second-order valence-electron chi connectivity index (χ2n) is 6.31. The fraction of sp³-hybridized carbons (Fsp3) is 0.750. The van der Waals surface area contributed by atoms with Crippen molar-refractivity contribution in [2.75, 3.05) is 40.3 Å². The lowest BCUT2D eigenvalue weighted by atomic mass is 10.1. The topological polar surface area (TPSA) is 60.0 Å². The van der Waals surface area contributed by atoms with Gasteiger partial charge in [0.15, 0.2) is 5.96 Å². The summed E-state index contributed by atoms with van der Waals surface area (Å²) in [6, 6.07) is 1.28. The first-order valence-electron chi connectivity index (χ1n) is 8.20. The Kier molecular flexibility index (Phi) is 8.90. The average molecular weight is 435 g/mol. The Hall–Kier alpha value is -0.830. The highest BCUT2D eigenvalue weighted by Crippen LogP contribution is 2.29. The quantitative estimate of drug-likeness (QED) is 0.283. The molecule has 0 aromatic heterocycles. The highest BCUT2D eigenvalue weighted by Gasteiger charge is 2.31. The molecule has 0 aromatic rings. The fourth-order valence-corrected chi connectivity index (χ4v) is 2.65. The van der Waals surface area contributed by atoms with Crippen molar-refractivity contribution in [3.05, 3.63) is 12.7 Å². The van der Waals surface area contributed by atoms with E-state index in [4.69, 9.17) is 0 Å². The molecule has 1 heterocycles. The molecule has 7 heteroatoms. The van der Waals surface area contributed by atoms with E-state index in [1.54, 1.807) is 25.1 Å². The summed E-state index contributed by atoms with van der Waals surface area (Å²) in [6.45, 7) is 6.84. The fourth-order valence-electron chi connectivity index (χ4n) is 2.65. The largest absolute Gasteiger partial charge is 0.354 e. The molecule has 1 amide bonds. The van der Waals surface area contributed by atoms with E-state index in [-0.39, 0.29) is 36.4 Å². The molecule has 0 bridgehead atoms. The number of halogens is 1. The average Bonchev–Trinajstić information content (AvgIpc) is 3.35. The number of nitrogens with one attached hydrogen (secondary N) is 2. The molecule has 0 atom stereocenters. The molecular formula is C16H30IN5O. The molecule has 1 saturated heterocycles. The molecule has 1 aliphatic heterocycles. The number of piperidine rings is 1. The molecule has 2 N–H and O–H groups in total. The molecule has 1 saturated carbocycles. The second kappa shape index (κ2) is 10.1. The maximum absolute atomic E-state index is 11.7. The van der Waals surface area contributed by atoms with Crippen LogP contribution in [0, 0.1) is 0 Å². The number of guanidine groups is 1. The van der Waals surface area contributed by atoms with Gasteiger partial charge in [0.1, 0.15) is 6.54 Å². The molecule has 132 valence electrons. The van der Waals surface area contributed by atoms with Crippen molar-refractivity contribution in [2.45, 2.75) is 37.8 Å². The number of likely N-dealkylation sites (tertiary alicyclic amines) is 1. The molecule has 0 unspecified atom stereocenters. The zero-order valence-electron chi connectivity index (χ0n) is 14.3. The molecule has 2 aliphatic rings. The van der Waals surface area contributed by atoms with Gasteiger partial charge >= 0.3 is 0 Å². The minimum atomic E-state index is 0. The minimum Gasteiger partial charge on any atom is -0.354 e. The molecule has 23 heavy (non-hydrogen) atoms. The van der Waals surface area contributed by atoms with Crippen LogP contribution in [-0.2, 0) is 4.79 Å². The van der Waals surface area contributed by atoms with Gasteiger partial charge in [-0.15, -0.1) is 30.6 Å². The maximum Gasteiger partial charge on any atom is 0.243 e. The number of hydrogen-bond acceptors (Lipinski definition) is 3. The van der Waals surface area contributed by atoms with Crippen LogP contribution in [0.2, 0.25) is 0 Å². The van der Waals surface area contributed by atoms with Gasteiger partial charge in [0.2, 0.25) is 5.91 Å². The van der Waals surface area contributed by atoms with Crippen molar-refractivity contribution in [2.24, 2.45) is 4.99 Å². The highest BCUT2D eigenvalue weighted by atomic mass is 127. The van der Waals surface area contributed by atoms with Crippen LogP contribution in [0.5, 0.6) is 0 Å². The normalized spacial score (nSPS) is 19.7. The summed E-state index contributed by atoms with van der Waals surface area (Å²) in [7, 11) is 3.49. The van der Waals surface area contributed by atoms with Crippen LogP contribution in [0.15, 0.2) is 17.6 Å². The first kappa shape index (κ1) is 20.2. The Balaban J connectivity index is 0.00000264.